The molecule has 5 nitrogen and oxygen atoms in total. The van der Waals surface area contributed by atoms with Gasteiger partial charge in [-0.05, 0) is 37.8 Å². The first-order valence-corrected chi connectivity index (χ1v) is 5.71. The van der Waals surface area contributed by atoms with Gasteiger partial charge in [-0.25, -0.2) is 0 Å². The molecule has 0 aliphatic heterocycles. The van der Waals surface area contributed by atoms with Gasteiger partial charge in [0.25, 0.3) is 0 Å². The van der Waals surface area contributed by atoms with E-state index < -0.39 is 5.97 Å². The van der Waals surface area contributed by atoms with E-state index in [1.165, 1.54) is 0 Å². The quantitative estimate of drug-likeness (QED) is 0.669. The number of carboxylic acid groups (broad SMARTS) is 1. The van der Waals surface area contributed by atoms with Crippen LogP contribution >= 0.6 is 0 Å². The maximum absolute atomic E-state index is 10.9. The van der Waals surface area contributed by atoms with Gasteiger partial charge in [-0.1, -0.05) is 0 Å². The van der Waals surface area contributed by atoms with E-state index in [1.54, 1.807) is 6.20 Å². The second-order valence-corrected chi connectivity index (χ2v) is 4.23. The molecule has 1 unspecified atom stereocenters. The van der Waals surface area contributed by atoms with Crippen LogP contribution in [-0.2, 0) is 11.3 Å². The lowest BCUT2D eigenvalue weighted by Crippen LogP contribution is -2.39. The van der Waals surface area contributed by atoms with Gasteiger partial charge in [-0.2, -0.15) is 5.10 Å². The van der Waals surface area contributed by atoms with Gasteiger partial charge in [0.15, 0.2) is 0 Å². The van der Waals surface area contributed by atoms with E-state index in [2.05, 4.69) is 10.4 Å². The Balaban J connectivity index is 1.64. The number of carbonyl (C=O) groups is 1. The van der Waals surface area contributed by atoms with Crippen molar-refractivity contribution in [2.24, 2.45) is 5.92 Å². The second-order valence-electron chi connectivity index (χ2n) is 4.23. The average molecular weight is 223 g/mol. The number of rotatable bonds is 7. The lowest BCUT2D eigenvalue weighted by Gasteiger charge is -2.13. The number of hydrogen-bond donors (Lipinski definition) is 2. The van der Waals surface area contributed by atoms with E-state index in [-0.39, 0.29) is 6.04 Å². The summed E-state index contributed by atoms with van der Waals surface area (Å²) in [5, 5.41) is 16.2. The first-order valence-electron chi connectivity index (χ1n) is 5.71. The maximum atomic E-state index is 10.9. The number of aryl methyl sites for hydroxylation is 1. The van der Waals surface area contributed by atoms with Gasteiger partial charge in [-0.15, -0.1) is 0 Å². The third kappa shape index (κ3) is 3.06. The Hall–Kier alpha value is -1.36. The van der Waals surface area contributed by atoms with Crippen LogP contribution in [0.4, 0.5) is 0 Å². The summed E-state index contributed by atoms with van der Waals surface area (Å²) < 4.78 is 1.86. The average Bonchev–Trinajstić information content (AvgIpc) is 2.94. The molecule has 1 fully saturated rings. The molecule has 0 aromatic carbocycles. The molecule has 0 amide bonds. The highest BCUT2D eigenvalue weighted by Crippen LogP contribution is 2.32. The fourth-order valence-corrected chi connectivity index (χ4v) is 1.82. The van der Waals surface area contributed by atoms with Crippen molar-refractivity contribution in [1.82, 2.24) is 15.1 Å². The normalized spacial score (nSPS) is 17.2. The Bertz CT molecular complexity index is 333. The molecule has 1 heterocycles. The highest BCUT2D eigenvalue weighted by atomic mass is 16.4. The zero-order chi connectivity index (χ0) is 11.4. The minimum atomic E-state index is -0.721. The maximum Gasteiger partial charge on any atom is 0.320 e. The van der Waals surface area contributed by atoms with Crippen LogP contribution in [0.1, 0.15) is 19.3 Å². The molecule has 0 spiro atoms. The van der Waals surface area contributed by atoms with Crippen molar-refractivity contribution >= 4 is 5.97 Å². The molecule has 1 aromatic rings. The van der Waals surface area contributed by atoms with Crippen molar-refractivity contribution in [3.8, 4) is 0 Å². The molecule has 1 saturated carbocycles. The van der Waals surface area contributed by atoms with Crippen molar-refractivity contribution < 1.29 is 9.90 Å². The summed E-state index contributed by atoms with van der Waals surface area (Å²) in [6.07, 6.45) is 6.65. The standard InChI is InChI=1S/C11H17N3O2/c15-11(16)10(9-3-4-9)12-5-1-7-14-8-2-6-13-14/h2,6,8-10,12H,1,3-5,7H2,(H,15,16). The number of aliphatic carboxylic acids is 1. The summed E-state index contributed by atoms with van der Waals surface area (Å²) in [7, 11) is 0. The van der Waals surface area contributed by atoms with Crippen molar-refractivity contribution in [3.63, 3.8) is 0 Å². The largest absolute Gasteiger partial charge is 0.480 e. The summed E-state index contributed by atoms with van der Waals surface area (Å²) in [5.74, 6) is -0.371. The summed E-state index contributed by atoms with van der Waals surface area (Å²) in [6, 6.07) is 1.54. The van der Waals surface area contributed by atoms with Gasteiger partial charge in [0.2, 0.25) is 0 Å². The summed E-state index contributed by atoms with van der Waals surface area (Å²) in [4.78, 5) is 10.9. The highest BCUT2D eigenvalue weighted by Gasteiger charge is 2.35. The number of hydrogen-bond acceptors (Lipinski definition) is 3. The minimum Gasteiger partial charge on any atom is -0.480 e. The van der Waals surface area contributed by atoms with E-state index >= 15 is 0 Å². The van der Waals surface area contributed by atoms with Crippen molar-refractivity contribution in [2.45, 2.75) is 31.8 Å². The molecule has 1 aliphatic rings. The number of nitrogens with one attached hydrogen (secondary N) is 1. The Labute approximate surface area is 94.5 Å². The number of aromatic nitrogens is 2. The van der Waals surface area contributed by atoms with E-state index in [0.717, 1.165) is 32.4 Å². The third-order valence-corrected chi connectivity index (χ3v) is 2.85. The van der Waals surface area contributed by atoms with Gasteiger partial charge < -0.3 is 10.4 Å². The first kappa shape index (κ1) is 11.1. The summed E-state index contributed by atoms with van der Waals surface area (Å²) in [5.41, 5.74) is 0. The van der Waals surface area contributed by atoms with E-state index in [0.29, 0.717) is 5.92 Å². The number of carboxylic acids is 1. The van der Waals surface area contributed by atoms with Crippen LogP contribution in [0.25, 0.3) is 0 Å². The molecule has 2 rings (SSSR count). The van der Waals surface area contributed by atoms with Crippen molar-refractivity contribution in [3.05, 3.63) is 18.5 Å². The molecule has 88 valence electrons. The highest BCUT2D eigenvalue weighted by molar-refractivity contribution is 5.74. The van der Waals surface area contributed by atoms with Crippen LogP contribution in [0.3, 0.4) is 0 Å². The predicted molar refractivity (Wildman–Crippen MR) is 59.0 cm³/mol. The lowest BCUT2D eigenvalue weighted by atomic mass is 10.2. The Morgan fingerprint density at radius 1 is 1.62 bits per heavy atom. The van der Waals surface area contributed by atoms with Gasteiger partial charge >= 0.3 is 5.97 Å². The zero-order valence-electron chi connectivity index (χ0n) is 9.17. The fraction of sp³-hybridized carbons (Fsp3) is 0.636. The van der Waals surface area contributed by atoms with Gasteiger partial charge in [-0.3, -0.25) is 9.48 Å². The molecule has 1 aliphatic carbocycles. The van der Waals surface area contributed by atoms with Crippen molar-refractivity contribution in [2.75, 3.05) is 6.54 Å². The minimum absolute atomic E-state index is 0.349. The van der Waals surface area contributed by atoms with Gasteiger partial charge in [0, 0.05) is 18.9 Å². The second kappa shape index (κ2) is 5.12. The molecular weight excluding hydrogens is 206 g/mol. The summed E-state index contributed by atoms with van der Waals surface area (Å²) >= 11 is 0. The van der Waals surface area contributed by atoms with E-state index in [9.17, 15) is 4.79 Å². The Morgan fingerprint density at radius 2 is 2.44 bits per heavy atom. The molecule has 16 heavy (non-hydrogen) atoms. The Kier molecular flexibility index (Phi) is 3.56. The van der Waals surface area contributed by atoms with E-state index in [1.807, 2.05) is 16.9 Å². The predicted octanol–water partition coefficient (Wildman–Crippen LogP) is 0.726. The van der Waals surface area contributed by atoms with Crippen LogP contribution < -0.4 is 5.32 Å². The summed E-state index contributed by atoms with van der Waals surface area (Å²) in [6.45, 7) is 1.56. The third-order valence-electron chi connectivity index (χ3n) is 2.85. The van der Waals surface area contributed by atoms with Crippen LogP contribution in [0.15, 0.2) is 18.5 Å². The lowest BCUT2D eigenvalue weighted by molar-refractivity contribution is -0.140. The molecular formula is C11H17N3O2. The smallest absolute Gasteiger partial charge is 0.320 e. The first-order chi connectivity index (χ1) is 7.77. The molecule has 0 saturated heterocycles. The van der Waals surface area contributed by atoms with E-state index in [4.69, 9.17) is 5.11 Å². The number of nitrogens with zero attached hydrogens (tertiary/aromatic N) is 2. The van der Waals surface area contributed by atoms with Crippen molar-refractivity contribution in [1.29, 1.82) is 0 Å². The monoisotopic (exact) mass is 223 g/mol. The van der Waals surface area contributed by atoms with Crippen LogP contribution in [0, 0.1) is 5.92 Å². The van der Waals surface area contributed by atoms with Crippen LogP contribution in [0.5, 0.6) is 0 Å². The SMILES string of the molecule is O=C(O)C(NCCCn1cccn1)C1CC1. The zero-order valence-corrected chi connectivity index (χ0v) is 9.17. The molecule has 2 N–H and O–H groups in total. The molecule has 0 bridgehead atoms. The van der Waals surface area contributed by atoms with Gasteiger partial charge in [0.1, 0.15) is 6.04 Å². The fourth-order valence-electron chi connectivity index (χ4n) is 1.82. The van der Waals surface area contributed by atoms with Gasteiger partial charge in [0.05, 0.1) is 0 Å². The molecule has 1 aromatic heterocycles. The topological polar surface area (TPSA) is 67.2 Å². The Morgan fingerprint density at radius 3 is 3.00 bits per heavy atom. The van der Waals surface area contributed by atoms with Crippen LogP contribution in [-0.4, -0.2) is 33.4 Å². The molecule has 1 atom stereocenters. The van der Waals surface area contributed by atoms with Crippen LogP contribution in [0.2, 0.25) is 0 Å². The molecule has 0 radical (unpaired) electrons. The molecule has 5 heteroatoms.